The maximum absolute atomic E-state index is 13.2. The smallest absolute Gasteiger partial charge is 0.274 e. The number of thiophene rings is 1. The van der Waals surface area contributed by atoms with Crippen LogP contribution in [0.25, 0.3) is 10.6 Å². The van der Waals surface area contributed by atoms with E-state index in [2.05, 4.69) is 5.16 Å². The predicted molar refractivity (Wildman–Crippen MR) is 98.6 cm³/mol. The number of nitrogens with zero attached hydrogens (tertiary/aromatic N) is 2. The molecule has 3 heterocycles. The van der Waals surface area contributed by atoms with E-state index < -0.39 is 10.0 Å². The second kappa shape index (κ2) is 5.71. The van der Waals surface area contributed by atoms with Crippen LogP contribution in [0.1, 0.15) is 23.7 Å². The first-order valence-electron chi connectivity index (χ1n) is 8.05. The molecule has 1 aliphatic heterocycles. The molecule has 130 valence electrons. The Kier molecular flexibility index (Phi) is 3.73. The van der Waals surface area contributed by atoms with E-state index >= 15 is 0 Å². The Morgan fingerprint density at radius 2 is 1.96 bits per heavy atom. The minimum absolute atomic E-state index is 0.0952. The highest BCUT2D eigenvalue weighted by Gasteiger charge is 2.36. The summed E-state index contributed by atoms with van der Waals surface area (Å²) in [5.41, 5.74) is 3.59. The summed E-state index contributed by atoms with van der Waals surface area (Å²) < 4.78 is 33.7. The van der Waals surface area contributed by atoms with Gasteiger partial charge >= 0.3 is 0 Å². The van der Waals surface area contributed by atoms with Gasteiger partial charge in [-0.25, -0.2) is 8.42 Å². The fourth-order valence-corrected chi connectivity index (χ4v) is 6.35. The van der Waals surface area contributed by atoms with Crippen molar-refractivity contribution in [3.8, 4) is 10.6 Å². The monoisotopic (exact) mass is 374 g/mol. The van der Waals surface area contributed by atoms with Gasteiger partial charge in [0.15, 0.2) is 5.76 Å². The Bertz CT molecular complexity index is 1050. The quantitative estimate of drug-likeness (QED) is 0.690. The molecule has 0 amide bonds. The third-order valence-corrected chi connectivity index (χ3v) is 8.10. The van der Waals surface area contributed by atoms with E-state index in [1.807, 2.05) is 45.0 Å². The van der Waals surface area contributed by atoms with E-state index in [-0.39, 0.29) is 6.04 Å². The average Bonchev–Trinajstić information content (AvgIpc) is 3.25. The summed E-state index contributed by atoms with van der Waals surface area (Å²) in [7, 11) is -3.60. The molecule has 0 radical (unpaired) electrons. The first kappa shape index (κ1) is 16.4. The van der Waals surface area contributed by atoms with Gasteiger partial charge in [-0.1, -0.05) is 23.4 Å². The van der Waals surface area contributed by atoms with E-state index in [0.29, 0.717) is 9.97 Å². The van der Waals surface area contributed by atoms with Crippen molar-refractivity contribution in [3.63, 3.8) is 0 Å². The van der Waals surface area contributed by atoms with Crippen LogP contribution in [0.2, 0.25) is 0 Å². The van der Waals surface area contributed by atoms with Crippen LogP contribution in [0, 0.1) is 13.8 Å². The lowest BCUT2D eigenvalue weighted by molar-refractivity contribution is 0.427. The molecule has 4 rings (SSSR count). The largest absolute Gasteiger partial charge is 0.355 e. The maximum Gasteiger partial charge on any atom is 0.274 e. The lowest BCUT2D eigenvalue weighted by atomic mass is 10.1. The van der Waals surface area contributed by atoms with Crippen molar-refractivity contribution in [2.24, 2.45) is 0 Å². The third-order valence-electron chi connectivity index (χ3n) is 4.62. The van der Waals surface area contributed by atoms with Crippen molar-refractivity contribution < 1.29 is 12.9 Å². The Labute approximate surface area is 150 Å². The van der Waals surface area contributed by atoms with Crippen molar-refractivity contribution >= 4 is 27.0 Å². The summed E-state index contributed by atoms with van der Waals surface area (Å²) in [6.45, 7) is 5.74. The highest BCUT2D eigenvalue weighted by molar-refractivity contribution is 7.94. The number of hydrogen-bond acceptors (Lipinski definition) is 5. The normalized spacial score (nSPS) is 17.1. The van der Waals surface area contributed by atoms with Crippen LogP contribution in [0.15, 0.2) is 45.1 Å². The molecule has 2 aromatic heterocycles. The molecule has 0 spiro atoms. The number of rotatable bonds is 3. The van der Waals surface area contributed by atoms with E-state index in [9.17, 15) is 8.42 Å². The molecule has 0 bridgehead atoms. The van der Waals surface area contributed by atoms with Gasteiger partial charge in [0.25, 0.3) is 10.0 Å². The zero-order valence-corrected chi connectivity index (χ0v) is 15.8. The molecular formula is C18H18N2O3S2. The third kappa shape index (κ3) is 2.49. The van der Waals surface area contributed by atoms with Gasteiger partial charge in [-0.15, -0.1) is 11.3 Å². The predicted octanol–water partition coefficient (Wildman–Crippen LogP) is 4.16. The molecule has 0 saturated carbocycles. The molecule has 5 nitrogen and oxygen atoms in total. The van der Waals surface area contributed by atoms with E-state index in [1.54, 1.807) is 12.1 Å². The fraction of sp³-hybridized carbons (Fsp3) is 0.278. The fourth-order valence-electron chi connectivity index (χ4n) is 3.23. The molecule has 0 fully saturated rings. The van der Waals surface area contributed by atoms with Crippen LogP contribution in [-0.2, 0) is 16.4 Å². The lowest BCUT2D eigenvalue weighted by Gasteiger charge is -2.23. The highest BCUT2D eigenvalue weighted by Crippen LogP contribution is 2.40. The van der Waals surface area contributed by atoms with E-state index in [4.69, 9.17) is 4.52 Å². The van der Waals surface area contributed by atoms with Crippen molar-refractivity contribution in [2.45, 2.75) is 37.4 Å². The van der Waals surface area contributed by atoms with Gasteiger partial charge in [0.2, 0.25) is 0 Å². The van der Waals surface area contributed by atoms with Crippen LogP contribution in [0.4, 0.5) is 5.69 Å². The Morgan fingerprint density at radius 3 is 2.68 bits per heavy atom. The first-order valence-corrected chi connectivity index (χ1v) is 10.3. The van der Waals surface area contributed by atoms with Gasteiger partial charge in [0.1, 0.15) is 4.21 Å². The minimum atomic E-state index is -3.60. The van der Waals surface area contributed by atoms with E-state index in [1.165, 1.54) is 15.6 Å². The molecule has 1 aromatic carbocycles. The van der Waals surface area contributed by atoms with Gasteiger partial charge in [-0.2, -0.15) is 0 Å². The molecule has 0 saturated heterocycles. The molecule has 0 aliphatic carbocycles. The standard InChI is InChI=1S/C18H18N2O3S2/c1-11-10-14-6-4-5-7-15(14)20(11)25(21,22)17-9-8-16(24-17)18-12(2)13(3)19-23-18/h4-9,11H,10H2,1-3H3/t11-/m1/s1. The Balaban J connectivity index is 1.76. The number of anilines is 1. The maximum atomic E-state index is 13.2. The van der Waals surface area contributed by atoms with Crippen LogP contribution >= 0.6 is 11.3 Å². The SMILES string of the molecule is Cc1noc(-c2ccc(S(=O)(=O)N3c4ccccc4C[C@H]3C)s2)c1C. The zero-order valence-electron chi connectivity index (χ0n) is 14.2. The Morgan fingerprint density at radius 1 is 1.20 bits per heavy atom. The molecule has 3 aromatic rings. The molecule has 0 unspecified atom stereocenters. The van der Waals surface area contributed by atoms with Gasteiger partial charge in [-0.05, 0) is 51.0 Å². The number of benzene rings is 1. The van der Waals surface area contributed by atoms with Crippen LogP contribution < -0.4 is 4.31 Å². The molecule has 1 aliphatic rings. The van der Waals surface area contributed by atoms with Crippen LogP contribution in [0.5, 0.6) is 0 Å². The number of aryl methyl sites for hydroxylation is 1. The summed E-state index contributed by atoms with van der Waals surface area (Å²) in [6.07, 6.45) is 0.730. The van der Waals surface area contributed by atoms with Gasteiger partial charge < -0.3 is 4.52 Å². The summed E-state index contributed by atoms with van der Waals surface area (Å²) in [6, 6.07) is 11.0. The first-order chi connectivity index (χ1) is 11.9. The molecule has 0 N–H and O–H groups in total. The molecule has 25 heavy (non-hydrogen) atoms. The number of para-hydroxylation sites is 1. The molecule has 7 heteroatoms. The number of fused-ring (bicyclic) bond motifs is 1. The van der Waals surface area contributed by atoms with Crippen molar-refractivity contribution in [1.82, 2.24) is 5.16 Å². The summed E-state index contributed by atoms with van der Waals surface area (Å²) >= 11 is 1.22. The Hall–Kier alpha value is -2.12. The van der Waals surface area contributed by atoms with Gasteiger partial charge in [0, 0.05) is 11.6 Å². The number of aromatic nitrogens is 1. The number of hydrogen-bond donors (Lipinski definition) is 0. The lowest BCUT2D eigenvalue weighted by Crippen LogP contribution is -2.35. The summed E-state index contributed by atoms with van der Waals surface area (Å²) in [5, 5.41) is 3.96. The second-order valence-corrected chi connectivity index (χ2v) is 9.45. The van der Waals surface area contributed by atoms with Crippen LogP contribution in [0.3, 0.4) is 0 Å². The van der Waals surface area contributed by atoms with Gasteiger partial charge in [-0.3, -0.25) is 4.31 Å². The van der Waals surface area contributed by atoms with E-state index in [0.717, 1.165) is 33.8 Å². The molecular weight excluding hydrogens is 356 g/mol. The summed E-state index contributed by atoms with van der Waals surface area (Å²) in [5.74, 6) is 0.638. The van der Waals surface area contributed by atoms with Crippen molar-refractivity contribution in [1.29, 1.82) is 0 Å². The van der Waals surface area contributed by atoms with Gasteiger partial charge in [0.05, 0.1) is 16.3 Å². The van der Waals surface area contributed by atoms with Crippen molar-refractivity contribution in [2.75, 3.05) is 4.31 Å². The zero-order chi connectivity index (χ0) is 17.8. The number of sulfonamides is 1. The highest BCUT2D eigenvalue weighted by atomic mass is 32.2. The second-order valence-electron chi connectivity index (χ2n) is 6.32. The molecule has 1 atom stereocenters. The van der Waals surface area contributed by atoms with Crippen molar-refractivity contribution in [3.05, 3.63) is 53.2 Å². The van der Waals surface area contributed by atoms with Crippen LogP contribution in [-0.4, -0.2) is 19.6 Å². The summed E-state index contributed by atoms with van der Waals surface area (Å²) in [4.78, 5) is 0.775. The average molecular weight is 374 g/mol. The topological polar surface area (TPSA) is 63.4 Å². The minimum Gasteiger partial charge on any atom is -0.355 e.